The van der Waals surface area contributed by atoms with E-state index in [-0.39, 0.29) is 0 Å². The fraction of sp³-hybridized carbons (Fsp3) is 0.188. The van der Waals surface area contributed by atoms with Crippen LogP contribution in [0.1, 0.15) is 11.1 Å². The van der Waals surface area contributed by atoms with Crippen molar-refractivity contribution in [3.05, 3.63) is 59.7 Å². The summed E-state index contributed by atoms with van der Waals surface area (Å²) in [5.41, 5.74) is 1.59. The van der Waals surface area contributed by atoms with Gasteiger partial charge in [0.05, 0.1) is 11.6 Å². The first-order chi connectivity index (χ1) is 9.29. The van der Waals surface area contributed by atoms with Crippen LogP contribution in [0, 0.1) is 18.3 Å². The Balaban J connectivity index is 1.80. The first kappa shape index (κ1) is 13.0. The highest BCUT2D eigenvalue weighted by molar-refractivity contribution is 5.41. The fourth-order valence-electron chi connectivity index (χ4n) is 1.69. The number of rotatable bonds is 5. The van der Waals surface area contributed by atoms with Crippen molar-refractivity contribution >= 4 is 0 Å². The molecule has 0 saturated carbocycles. The molecule has 3 heteroatoms. The number of nitrogens with zero attached hydrogens (tertiary/aromatic N) is 1. The van der Waals surface area contributed by atoms with Gasteiger partial charge >= 0.3 is 0 Å². The molecule has 0 spiro atoms. The highest BCUT2D eigenvalue weighted by Crippen LogP contribution is 2.16. The lowest BCUT2D eigenvalue weighted by molar-refractivity contribution is 0.217. The average Bonchev–Trinajstić information content (AvgIpc) is 2.45. The minimum atomic E-state index is 0.472. The van der Waals surface area contributed by atoms with Crippen LogP contribution < -0.4 is 9.47 Å². The molecule has 0 radical (unpaired) electrons. The van der Waals surface area contributed by atoms with E-state index in [2.05, 4.69) is 6.07 Å². The second-order valence-electron chi connectivity index (χ2n) is 4.10. The lowest BCUT2D eigenvalue weighted by Crippen LogP contribution is -2.09. The van der Waals surface area contributed by atoms with Crippen LogP contribution in [0.15, 0.2) is 48.5 Å². The van der Waals surface area contributed by atoms with Crippen molar-refractivity contribution in [2.75, 3.05) is 13.2 Å². The van der Waals surface area contributed by atoms with Gasteiger partial charge in [-0.1, -0.05) is 18.2 Å². The molecule has 0 aromatic heterocycles. The molecule has 0 atom stereocenters. The second kappa shape index (κ2) is 6.46. The van der Waals surface area contributed by atoms with E-state index < -0.39 is 0 Å². The van der Waals surface area contributed by atoms with E-state index in [1.807, 2.05) is 43.3 Å². The van der Waals surface area contributed by atoms with Gasteiger partial charge < -0.3 is 9.47 Å². The van der Waals surface area contributed by atoms with E-state index in [0.29, 0.717) is 18.8 Å². The summed E-state index contributed by atoms with van der Waals surface area (Å²) in [7, 11) is 0. The Morgan fingerprint density at radius 2 is 1.63 bits per heavy atom. The summed E-state index contributed by atoms with van der Waals surface area (Å²) in [5.74, 6) is 1.59. The molecule has 0 fully saturated rings. The molecule has 0 amide bonds. The number of aryl methyl sites for hydroxylation is 1. The number of hydrogen-bond donors (Lipinski definition) is 0. The molecule has 0 aliphatic rings. The van der Waals surface area contributed by atoms with E-state index in [4.69, 9.17) is 14.7 Å². The molecule has 2 aromatic carbocycles. The Bertz CT molecular complexity index is 573. The zero-order valence-corrected chi connectivity index (χ0v) is 10.8. The van der Waals surface area contributed by atoms with Crippen molar-refractivity contribution in [2.45, 2.75) is 6.92 Å². The van der Waals surface area contributed by atoms with Crippen molar-refractivity contribution in [3.8, 4) is 17.6 Å². The van der Waals surface area contributed by atoms with Gasteiger partial charge in [0.2, 0.25) is 0 Å². The molecule has 0 heterocycles. The molecule has 0 bridgehead atoms. The molecule has 19 heavy (non-hydrogen) atoms. The van der Waals surface area contributed by atoms with E-state index >= 15 is 0 Å². The van der Waals surface area contributed by atoms with Crippen LogP contribution in [0.5, 0.6) is 11.5 Å². The molecule has 2 aromatic rings. The Labute approximate surface area is 113 Å². The Hall–Kier alpha value is -2.47. The topological polar surface area (TPSA) is 42.2 Å². The predicted octanol–water partition coefficient (Wildman–Crippen LogP) is 3.32. The maximum atomic E-state index is 8.84. The van der Waals surface area contributed by atoms with Gasteiger partial charge in [0.1, 0.15) is 24.7 Å². The molecular formula is C16H15NO2. The van der Waals surface area contributed by atoms with Crippen LogP contribution in [0.3, 0.4) is 0 Å². The van der Waals surface area contributed by atoms with Crippen molar-refractivity contribution in [3.63, 3.8) is 0 Å². The summed E-state index contributed by atoms with van der Waals surface area (Å²) in [6.45, 7) is 2.86. The third kappa shape index (κ3) is 3.75. The zero-order valence-electron chi connectivity index (χ0n) is 10.8. The largest absolute Gasteiger partial charge is 0.490 e. The van der Waals surface area contributed by atoms with Crippen molar-refractivity contribution in [2.24, 2.45) is 0 Å². The molecule has 3 nitrogen and oxygen atoms in total. The van der Waals surface area contributed by atoms with Crippen LogP contribution in [0.2, 0.25) is 0 Å². The van der Waals surface area contributed by atoms with Gasteiger partial charge in [-0.25, -0.2) is 0 Å². The van der Waals surface area contributed by atoms with Crippen molar-refractivity contribution in [1.29, 1.82) is 5.26 Å². The Morgan fingerprint density at radius 1 is 0.947 bits per heavy atom. The predicted molar refractivity (Wildman–Crippen MR) is 73.3 cm³/mol. The molecular weight excluding hydrogens is 238 g/mol. The quantitative estimate of drug-likeness (QED) is 0.767. The monoisotopic (exact) mass is 253 g/mol. The van der Waals surface area contributed by atoms with Gasteiger partial charge in [-0.15, -0.1) is 0 Å². The second-order valence-corrected chi connectivity index (χ2v) is 4.10. The molecule has 2 rings (SSSR count). The fourth-order valence-corrected chi connectivity index (χ4v) is 1.69. The van der Waals surface area contributed by atoms with E-state index in [1.165, 1.54) is 0 Å². The van der Waals surface area contributed by atoms with Crippen LogP contribution in [-0.2, 0) is 0 Å². The summed E-state index contributed by atoms with van der Waals surface area (Å²) in [5, 5.41) is 8.84. The summed E-state index contributed by atoms with van der Waals surface area (Å²) in [6.07, 6.45) is 0. The van der Waals surface area contributed by atoms with E-state index in [0.717, 1.165) is 17.1 Å². The average molecular weight is 253 g/mol. The third-order valence-corrected chi connectivity index (χ3v) is 2.68. The van der Waals surface area contributed by atoms with Crippen molar-refractivity contribution in [1.82, 2.24) is 0 Å². The highest BCUT2D eigenvalue weighted by Gasteiger charge is 2.00. The first-order valence-corrected chi connectivity index (χ1v) is 6.11. The van der Waals surface area contributed by atoms with Gasteiger partial charge in [0.15, 0.2) is 0 Å². The van der Waals surface area contributed by atoms with Gasteiger partial charge in [-0.3, -0.25) is 0 Å². The minimum absolute atomic E-state index is 0.472. The SMILES string of the molecule is Cc1cc(OCCOc2ccccc2)ccc1C#N. The molecule has 0 aliphatic carbocycles. The number of para-hydroxylation sites is 1. The molecule has 0 N–H and O–H groups in total. The number of nitriles is 1. The minimum Gasteiger partial charge on any atom is -0.490 e. The summed E-state index contributed by atoms with van der Waals surface area (Å²) < 4.78 is 11.1. The van der Waals surface area contributed by atoms with Gasteiger partial charge in [-0.05, 0) is 42.8 Å². The van der Waals surface area contributed by atoms with E-state index in [1.54, 1.807) is 12.1 Å². The van der Waals surface area contributed by atoms with Crippen molar-refractivity contribution < 1.29 is 9.47 Å². The molecule has 0 unspecified atom stereocenters. The van der Waals surface area contributed by atoms with Crippen LogP contribution in [0.4, 0.5) is 0 Å². The zero-order chi connectivity index (χ0) is 13.5. The van der Waals surface area contributed by atoms with Crippen LogP contribution in [0.25, 0.3) is 0 Å². The standard InChI is InChI=1S/C16H15NO2/c1-13-11-16(8-7-14(13)12-17)19-10-9-18-15-5-3-2-4-6-15/h2-8,11H,9-10H2,1H3. The van der Waals surface area contributed by atoms with Gasteiger partial charge in [0.25, 0.3) is 0 Å². The lowest BCUT2D eigenvalue weighted by Gasteiger charge is -2.09. The number of ether oxygens (including phenoxy) is 2. The number of benzene rings is 2. The third-order valence-electron chi connectivity index (χ3n) is 2.68. The smallest absolute Gasteiger partial charge is 0.122 e. The summed E-state index contributed by atoms with van der Waals surface area (Å²) in [6, 6.07) is 17.2. The lowest BCUT2D eigenvalue weighted by atomic mass is 10.1. The van der Waals surface area contributed by atoms with Crippen LogP contribution in [-0.4, -0.2) is 13.2 Å². The summed E-state index contributed by atoms with van der Waals surface area (Å²) >= 11 is 0. The van der Waals surface area contributed by atoms with Gasteiger partial charge in [-0.2, -0.15) is 5.26 Å². The Kier molecular flexibility index (Phi) is 4.41. The molecule has 0 saturated heterocycles. The normalized spacial score (nSPS) is 9.68. The molecule has 0 aliphatic heterocycles. The summed E-state index contributed by atoms with van der Waals surface area (Å²) in [4.78, 5) is 0. The maximum Gasteiger partial charge on any atom is 0.122 e. The van der Waals surface area contributed by atoms with Crippen LogP contribution >= 0.6 is 0 Å². The Morgan fingerprint density at radius 3 is 2.26 bits per heavy atom. The first-order valence-electron chi connectivity index (χ1n) is 6.11. The maximum absolute atomic E-state index is 8.84. The molecule has 96 valence electrons. The number of hydrogen-bond acceptors (Lipinski definition) is 3. The highest BCUT2D eigenvalue weighted by atomic mass is 16.5. The van der Waals surface area contributed by atoms with Gasteiger partial charge in [0, 0.05) is 0 Å². The van der Waals surface area contributed by atoms with E-state index in [9.17, 15) is 0 Å².